The number of ether oxygens (including phenoxy) is 1. The van der Waals surface area contributed by atoms with Gasteiger partial charge in [-0.05, 0) is 61.0 Å². The van der Waals surface area contributed by atoms with Gasteiger partial charge in [-0.3, -0.25) is 14.4 Å². The minimum absolute atomic E-state index is 0.149. The maximum absolute atomic E-state index is 12.7. The van der Waals surface area contributed by atoms with Crippen molar-refractivity contribution < 1.29 is 18.7 Å². The lowest BCUT2D eigenvalue weighted by Crippen LogP contribution is -2.21. The van der Waals surface area contributed by atoms with Crippen LogP contribution in [0.15, 0.2) is 82.2 Å². The van der Waals surface area contributed by atoms with Crippen molar-refractivity contribution in [1.29, 1.82) is 0 Å². The molecule has 8 heteroatoms. The Morgan fingerprint density at radius 1 is 0.943 bits per heavy atom. The van der Waals surface area contributed by atoms with Gasteiger partial charge in [-0.1, -0.05) is 6.07 Å². The molecule has 0 unspecified atom stereocenters. The highest BCUT2D eigenvalue weighted by Gasteiger charge is 2.12. The Kier molecular flexibility index (Phi) is 6.82. The molecule has 4 aromatic rings. The number of anilines is 3. The number of amides is 2. The molecule has 1 heterocycles. The number of rotatable bonds is 7. The van der Waals surface area contributed by atoms with Crippen molar-refractivity contribution in [3.05, 3.63) is 94.3 Å². The van der Waals surface area contributed by atoms with Crippen molar-refractivity contribution in [2.45, 2.75) is 6.92 Å². The average Bonchev–Trinajstić information content (AvgIpc) is 2.85. The van der Waals surface area contributed by atoms with Crippen LogP contribution in [0.25, 0.3) is 11.0 Å². The molecule has 0 fully saturated rings. The summed E-state index contributed by atoms with van der Waals surface area (Å²) in [7, 11) is 3.87. The van der Waals surface area contributed by atoms with E-state index in [4.69, 9.17) is 9.15 Å². The van der Waals surface area contributed by atoms with Gasteiger partial charge in [-0.2, -0.15) is 0 Å². The fourth-order valence-electron chi connectivity index (χ4n) is 3.50. The molecule has 2 N–H and O–H groups in total. The first-order valence-corrected chi connectivity index (χ1v) is 10.9. The van der Waals surface area contributed by atoms with Crippen LogP contribution in [0, 0.1) is 6.92 Å². The summed E-state index contributed by atoms with van der Waals surface area (Å²) in [6.45, 7) is 1.57. The van der Waals surface area contributed by atoms with Gasteiger partial charge in [0.1, 0.15) is 11.3 Å². The molecule has 0 saturated carbocycles. The van der Waals surface area contributed by atoms with E-state index in [2.05, 4.69) is 10.6 Å². The lowest BCUT2D eigenvalue weighted by Gasteiger charge is -2.15. The summed E-state index contributed by atoms with van der Waals surface area (Å²) in [4.78, 5) is 39.0. The Morgan fingerprint density at radius 3 is 2.37 bits per heavy atom. The number of nitrogens with one attached hydrogen (secondary N) is 2. The topological polar surface area (TPSA) is 101 Å². The molecule has 2 amide bonds. The van der Waals surface area contributed by atoms with Crippen molar-refractivity contribution >= 4 is 39.8 Å². The van der Waals surface area contributed by atoms with Crippen molar-refractivity contribution in [3.8, 4) is 5.75 Å². The number of carbonyl (C=O) groups is 2. The Hall–Kier alpha value is -4.59. The molecular formula is C27H25N3O5. The van der Waals surface area contributed by atoms with E-state index < -0.39 is 0 Å². The van der Waals surface area contributed by atoms with Gasteiger partial charge >= 0.3 is 0 Å². The second kappa shape index (κ2) is 10.1. The minimum atomic E-state index is -0.370. The summed E-state index contributed by atoms with van der Waals surface area (Å²) < 4.78 is 10.9. The van der Waals surface area contributed by atoms with Gasteiger partial charge in [-0.15, -0.1) is 0 Å². The van der Waals surface area contributed by atoms with E-state index in [-0.39, 0.29) is 23.9 Å². The van der Waals surface area contributed by atoms with Gasteiger partial charge in [0.25, 0.3) is 11.8 Å². The Bertz CT molecular complexity index is 1440. The van der Waals surface area contributed by atoms with Crippen LogP contribution in [0.2, 0.25) is 0 Å². The van der Waals surface area contributed by atoms with Gasteiger partial charge < -0.3 is 24.7 Å². The number of benzene rings is 3. The molecule has 1 aromatic heterocycles. The molecule has 0 spiro atoms. The molecule has 35 heavy (non-hydrogen) atoms. The lowest BCUT2D eigenvalue weighted by molar-refractivity contribution is -0.118. The van der Waals surface area contributed by atoms with Crippen molar-refractivity contribution in [3.63, 3.8) is 0 Å². The van der Waals surface area contributed by atoms with Crippen LogP contribution >= 0.6 is 0 Å². The van der Waals surface area contributed by atoms with Gasteiger partial charge in [0.2, 0.25) is 0 Å². The first-order chi connectivity index (χ1) is 16.8. The summed E-state index contributed by atoms with van der Waals surface area (Å²) >= 11 is 0. The highest BCUT2D eigenvalue weighted by atomic mass is 16.5. The zero-order valence-corrected chi connectivity index (χ0v) is 19.6. The normalized spacial score (nSPS) is 10.6. The third kappa shape index (κ3) is 5.50. The summed E-state index contributed by atoms with van der Waals surface area (Å²) in [5, 5.41) is 6.14. The van der Waals surface area contributed by atoms with Gasteiger partial charge in [0, 0.05) is 48.9 Å². The van der Waals surface area contributed by atoms with E-state index in [1.807, 2.05) is 38.1 Å². The van der Waals surface area contributed by atoms with Crippen LogP contribution in [0.5, 0.6) is 5.75 Å². The fourth-order valence-corrected chi connectivity index (χ4v) is 3.50. The summed E-state index contributed by atoms with van der Waals surface area (Å²) in [5.41, 5.74) is 3.63. The number of hydrogen-bond acceptors (Lipinski definition) is 6. The molecule has 4 rings (SSSR count). The Morgan fingerprint density at radius 2 is 1.66 bits per heavy atom. The first kappa shape index (κ1) is 23.6. The molecule has 178 valence electrons. The summed E-state index contributed by atoms with van der Waals surface area (Å²) in [5.74, 6) is -0.210. The molecular weight excluding hydrogens is 446 g/mol. The third-order valence-electron chi connectivity index (χ3n) is 5.50. The second-order valence-corrected chi connectivity index (χ2v) is 8.15. The van der Waals surface area contributed by atoms with Crippen molar-refractivity contribution in [2.24, 2.45) is 0 Å². The van der Waals surface area contributed by atoms with Crippen LogP contribution in [-0.2, 0) is 4.79 Å². The molecule has 0 aliphatic carbocycles. The lowest BCUT2D eigenvalue weighted by atomic mass is 10.1. The number of carbonyl (C=O) groups excluding carboxylic acids is 2. The van der Waals surface area contributed by atoms with Gasteiger partial charge in [-0.25, -0.2) is 0 Å². The first-order valence-electron chi connectivity index (χ1n) is 10.9. The monoisotopic (exact) mass is 471 g/mol. The number of nitrogens with zero attached hydrogens (tertiary/aromatic N) is 1. The van der Waals surface area contributed by atoms with E-state index in [1.165, 1.54) is 12.3 Å². The van der Waals surface area contributed by atoms with E-state index in [0.717, 1.165) is 5.69 Å². The standard InChI is InChI=1S/C27H25N3O5/c1-17-22(5-4-6-23(17)29-27(33)18-7-9-19(10-8-18)30(2)3)28-26(32)16-35-20-11-12-21-24(31)13-14-34-25(21)15-20/h4-15H,16H2,1-3H3,(H,28,32)(H,29,33). The predicted octanol–water partition coefficient (Wildman–Crippen LogP) is 4.44. The summed E-state index contributed by atoms with van der Waals surface area (Å²) in [6.07, 6.45) is 1.31. The minimum Gasteiger partial charge on any atom is -0.484 e. The van der Waals surface area contributed by atoms with Crippen molar-refractivity contribution in [2.75, 3.05) is 36.2 Å². The van der Waals surface area contributed by atoms with Crippen LogP contribution in [0.1, 0.15) is 15.9 Å². The zero-order valence-electron chi connectivity index (χ0n) is 19.6. The summed E-state index contributed by atoms with van der Waals surface area (Å²) in [6, 6.07) is 18.7. The maximum atomic E-state index is 12.7. The number of hydrogen-bond donors (Lipinski definition) is 2. The van der Waals surface area contributed by atoms with Gasteiger partial charge in [0.15, 0.2) is 12.0 Å². The Balaban J connectivity index is 1.39. The van der Waals surface area contributed by atoms with Crippen LogP contribution in [-0.4, -0.2) is 32.5 Å². The van der Waals surface area contributed by atoms with Crippen molar-refractivity contribution in [1.82, 2.24) is 0 Å². The molecule has 0 aliphatic heterocycles. The zero-order chi connectivity index (χ0) is 24.9. The molecule has 0 atom stereocenters. The van der Waals surface area contributed by atoms with E-state index in [1.54, 1.807) is 48.5 Å². The maximum Gasteiger partial charge on any atom is 0.262 e. The molecule has 0 saturated heterocycles. The average molecular weight is 472 g/mol. The van der Waals surface area contributed by atoms with E-state index in [9.17, 15) is 14.4 Å². The molecule has 0 aliphatic rings. The fraction of sp³-hybridized carbons (Fsp3) is 0.148. The van der Waals surface area contributed by atoms with Crippen LogP contribution in [0.3, 0.4) is 0 Å². The third-order valence-corrected chi connectivity index (χ3v) is 5.50. The highest BCUT2D eigenvalue weighted by Crippen LogP contribution is 2.24. The molecule has 0 bridgehead atoms. The van der Waals surface area contributed by atoms with Crippen LogP contribution in [0.4, 0.5) is 17.1 Å². The predicted molar refractivity (Wildman–Crippen MR) is 137 cm³/mol. The smallest absolute Gasteiger partial charge is 0.262 e. The largest absolute Gasteiger partial charge is 0.484 e. The Labute approximate surface area is 202 Å². The highest BCUT2D eigenvalue weighted by molar-refractivity contribution is 6.05. The quantitative estimate of drug-likeness (QED) is 0.413. The number of fused-ring (bicyclic) bond motifs is 1. The van der Waals surface area contributed by atoms with E-state index >= 15 is 0 Å². The van der Waals surface area contributed by atoms with Crippen LogP contribution < -0.4 is 25.7 Å². The molecule has 0 radical (unpaired) electrons. The van der Waals surface area contributed by atoms with E-state index in [0.29, 0.717) is 39.2 Å². The molecule has 8 nitrogen and oxygen atoms in total. The SMILES string of the molecule is Cc1c(NC(=O)COc2ccc3c(=O)ccoc3c2)cccc1NC(=O)c1ccc(N(C)C)cc1. The molecule has 3 aromatic carbocycles. The second-order valence-electron chi connectivity index (χ2n) is 8.15. The van der Waals surface area contributed by atoms with Gasteiger partial charge in [0.05, 0.1) is 11.6 Å².